The molecule has 3 nitrogen and oxygen atoms in total. The Morgan fingerprint density at radius 2 is 1.76 bits per heavy atom. The zero-order valence-corrected chi connectivity index (χ0v) is 13.5. The van der Waals surface area contributed by atoms with Crippen molar-refractivity contribution < 1.29 is 4.79 Å². The number of carbonyl (C=O) groups excluding carboxylic acids is 1. The predicted molar refractivity (Wildman–Crippen MR) is 88.5 cm³/mol. The van der Waals surface area contributed by atoms with Gasteiger partial charge in [0.05, 0.1) is 12.1 Å². The molecule has 0 aliphatic carbocycles. The van der Waals surface area contributed by atoms with E-state index < -0.39 is 0 Å². The summed E-state index contributed by atoms with van der Waals surface area (Å²) < 4.78 is 0. The number of rotatable bonds is 6. The van der Waals surface area contributed by atoms with Crippen LogP contribution in [0.15, 0.2) is 47.8 Å². The number of hydrogen-bond donors (Lipinski definition) is 2. The molecule has 1 aromatic heterocycles. The van der Waals surface area contributed by atoms with E-state index in [0.717, 1.165) is 0 Å². The summed E-state index contributed by atoms with van der Waals surface area (Å²) in [6.45, 7) is 5.85. The van der Waals surface area contributed by atoms with Gasteiger partial charge in [0.2, 0.25) is 5.91 Å². The minimum atomic E-state index is -0.250. The van der Waals surface area contributed by atoms with E-state index in [0.29, 0.717) is 0 Å². The zero-order valence-electron chi connectivity index (χ0n) is 12.7. The second-order valence-corrected chi connectivity index (χ2v) is 6.39. The second-order valence-electron chi connectivity index (χ2n) is 5.41. The van der Waals surface area contributed by atoms with Gasteiger partial charge >= 0.3 is 0 Å². The molecule has 0 saturated carbocycles. The summed E-state index contributed by atoms with van der Waals surface area (Å²) in [6, 6.07) is 14.3. The van der Waals surface area contributed by atoms with Crippen LogP contribution < -0.4 is 10.6 Å². The number of amides is 1. The van der Waals surface area contributed by atoms with E-state index in [1.54, 1.807) is 11.3 Å². The Labute approximate surface area is 130 Å². The number of hydrogen-bond acceptors (Lipinski definition) is 3. The second kappa shape index (κ2) is 7.38. The monoisotopic (exact) mass is 302 g/mol. The molecule has 0 spiro atoms. The van der Waals surface area contributed by atoms with Gasteiger partial charge in [-0.05, 0) is 37.8 Å². The fourth-order valence-electron chi connectivity index (χ4n) is 2.18. The first kappa shape index (κ1) is 15.7. The summed E-state index contributed by atoms with van der Waals surface area (Å²) in [5.41, 5.74) is 1.17. The predicted octanol–water partition coefficient (Wildman–Crippen LogP) is 3.34. The third kappa shape index (κ3) is 4.41. The fourth-order valence-corrected chi connectivity index (χ4v) is 2.99. The lowest BCUT2D eigenvalue weighted by Crippen LogP contribution is -2.45. The first-order valence-corrected chi connectivity index (χ1v) is 8.10. The van der Waals surface area contributed by atoms with Crippen molar-refractivity contribution in [2.75, 3.05) is 0 Å². The summed E-state index contributed by atoms with van der Waals surface area (Å²) in [6.07, 6.45) is 0. The lowest BCUT2D eigenvalue weighted by Gasteiger charge is -2.23. The van der Waals surface area contributed by atoms with Gasteiger partial charge in [0.15, 0.2) is 0 Å². The molecule has 1 aromatic carbocycles. The van der Waals surface area contributed by atoms with Crippen molar-refractivity contribution in [1.82, 2.24) is 10.6 Å². The maximum atomic E-state index is 12.1. The van der Waals surface area contributed by atoms with Crippen molar-refractivity contribution in [3.05, 3.63) is 58.3 Å². The van der Waals surface area contributed by atoms with Crippen molar-refractivity contribution >= 4 is 17.2 Å². The summed E-state index contributed by atoms with van der Waals surface area (Å²) in [7, 11) is 0. The summed E-state index contributed by atoms with van der Waals surface area (Å²) >= 11 is 1.70. The molecule has 2 N–H and O–H groups in total. The Hall–Kier alpha value is -1.65. The third-order valence-electron chi connectivity index (χ3n) is 3.20. The number of carbonyl (C=O) groups is 1. The molecule has 2 aromatic rings. The van der Waals surface area contributed by atoms with Crippen LogP contribution in [0.25, 0.3) is 0 Å². The van der Waals surface area contributed by atoms with Gasteiger partial charge in [-0.25, -0.2) is 0 Å². The minimum Gasteiger partial charge on any atom is -0.353 e. The van der Waals surface area contributed by atoms with E-state index in [4.69, 9.17) is 0 Å². The first-order valence-electron chi connectivity index (χ1n) is 7.22. The van der Waals surface area contributed by atoms with Crippen LogP contribution in [0, 0.1) is 0 Å². The van der Waals surface area contributed by atoms with Crippen molar-refractivity contribution in [2.24, 2.45) is 0 Å². The molecule has 0 saturated heterocycles. The van der Waals surface area contributed by atoms with Crippen LogP contribution in [-0.4, -0.2) is 18.0 Å². The van der Waals surface area contributed by atoms with Crippen LogP contribution in [0.3, 0.4) is 0 Å². The average Bonchev–Trinajstić information content (AvgIpc) is 2.98. The molecule has 112 valence electrons. The molecule has 1 amide bonds. The molecule has 2 rings (SSSR count). The fraction of sp³-hybridized carbons (Fsp3) is 0.353. The van der Waals surface area contributed by atoms with Crippen LogP contribution >= 0.6 is 11.3 Å². The van der Waals surface area contributed by atoms with Gasteiger partial charge < -0.3 is 5.32 Å². The SMILES string of the molecule is CC(C)NC(=O)[C@H](C)N[C@@H](c1ccccc1)c1cccs1. The van der Waals surface area contributed by atoms with Crippen LogP contribution in [0.1, 0.15) is 37.3 Å². The third-order valence-corrected chi connectivity index (χ3v) is 4.14. The quantitative estimate of drug-likeness (QED) is 0.859. The maximum Gasteiger partial charge on any atom is 0.237 e. The normalized spacial score (nSPS) is 13.9. The highest BCUT2D eigenvalue weighted by atomic mass is 32.1. The van der Waals surface area contributed by atoms with Crippen LogP contribution in [0.5, 0.6) is 0 Å². The summed E-state index contributed by atoms with van der Waals surface area (Å²) in [4.78, 5) is 13.3. The molecule has 4 heteroatoms. The molecule has 0 fully saturated rings. The van der Waals surface area contributed by atoms with Gasteiger partial charge in [-0.15, -0.1) is 11.3 Å². The zero-order chi connectivity index (χ0) is 15.2. The lowest BCUT2D eigenvalue weighted by atomic mass is 10.0. The maximum absolute atomic E-state index is 12.1. The largest absolute Gasteiger partial charge is 0.353 e. The molecule has 0 aliphatic rings. The number of benzene rings is 1. The average molecular weight is 302 g/mol. The minimum absolute atomic E-state index is 0.0301. The smallest absolute Gasteiger partial charge is 0.237 e. The van der Waals surface area contributed by atoms with E-state index in [9.17, 15) is 4.79 Å². The molecule has 0 radical (unpaired) electrons. The molecule has 21 heavy (non-hydrogen) atoms. The Kier molecular flexibility index (Phi) is 5.53. The van der Waals surface area contributed by atoms with Crippen LogP contribution in [-0.2, 0) is 4.79 Å². The van der Waals surface area contributed by atoms with Crippen molar-refractivity contribution in [3.63, 3.8) is 0 Å². The highest BCUT2D eigenvalue weighted by Crippen LogP contribution is 2.26. The molecular formula is C17H22N2OS. The molecular weight excluding hydrogens is 280 g/mol. The Morgan fingerprint density at radius 3 is 2.33 bits per heavy atom. The Balaban J connectivity index is 2.16. The number of nitrogens with one attached hydrogen (secondary N) is 2. The first-order chi connectivity index (χ1) is 10.1. The van der Waals surface area contributed by atoms with Crippen molar-refractivity contribution in [1.29, 1.82) is 0 Å². The van der Waals surface area contributed by atoms with Gasteiger partial charge in [-0.2, -0.15) is 0 Å². The van der Waals surface area contributed by atoms with Gasteiger partial charge in [0.25, 0.3) is 0 Å². The van der Waals surface area contributed by atoms with E-state index in [1.165, 1.54) is 10.4 Å². The van der Waals surface area contributed by atoms with Crippen LogP contribution in [0.2, 0.25) is 0 Å². The number of thiophene rings is 1. The van der Waals surface area contributed by atoms with E-state index in [-0.39, 0.29) is 24.0 Å². The summed E-state index contributed by atoms with van der Waals surface area (Å²) in [5.74, 6) is 0.0301. The highest BCUT2D eigenvalue weighted by molar-refractivity contribution is 7.10. The Bertz CT molecular complexity index is 551. The van der Waals surface area contributed by atoms with Gasteiger partial charge in [0.1, 0.15) is 0 Å². The van der Waals surface area contributed by atoms with Gasteiger partial charge in [-0.1, -0.05) is 36.4 Å². The standard InChI is InChI=1S/C17H22N2OS/c1-12(2)18-17(20)13(3)19-16(15-10-7-11-21-15)14-8-5-4-6-9-14/h4-13,16,19H,1-3H3,(H,18,20)/t13-,16-/m0/s1. The van der Waals surface area contributed by atoms with Crippen LogP contribution in [0.4, 0.5) is 0 Å². The van der Waals surface area contributed by atoms with E-state index in [1.807, 2.05) is 45.0 Å². The van der Waals surface area contributed by atoms with E-state index >= 15 is 0 Å². The molecule has 0 aliphatic heterocycles. The topological polar surface area (TPSA) is 41.1 Å². The van der Waals surface area contributed by atoms with Gasteiger partial charge in [0, 0.05) is 10.9 Å². The van der Waals surface area contributed by atoms with E-state index in [2.05, 4.69) is 34.2 Å². The van der Waals surface area contributed by atoms with Crippen molar-refractivity contribution in [3.8, 4) is 0 Å². The molecule has 1 heterocycles. The highest BCUT2D eigenvalue weighted by Gasteiger charge is 2.21. The van der Waals surface area contributed by atoms with Gasteiger partial charge in [-0.3, -0.25) is 10.1 Å². The Morgan fingerprint density at radius 1 is 1.05 bits per heavy atom. The molecule has 2 atom stereocenters. The lowest BCUT2D eigenvalue weighted by molar-refractivity contribution is -0.123. The summed E-state index contributed by atoms with van der Waals surface area (Å²) in [5, 5.41) is 8.45. The van der Waals surface area contributed by atoms with Crippen molar-refractivity contribution in [2.45, 2.75) is 38.9 Å². The molecule has 0 bridgehead atoms. The molecule has 0 unspecified atom stereocenters.